The van der Waals surface area contributed by atoms with Crippen LogP contribution in [0.4, 0.5) is 4.39 Å². The SMILES string of the molecule is CC(C)(C)c1cc(-c2cc(-c3cccc4c5ccccc5n(-c5ccccc5)c34)ccn2)cc(-c2cc(-c3cc(C(C)(C)C)cc(C(C)(C)C)c3)cc3c2nc(-c2ccc(F)cc2O)n3-c2cc(C(C)(C)C)cc(C(C)(C)C)c2)c1. The van der Waals surface area contributed by atoms with E-state index in [1.165, 1.54) is 45.2 Å². The molecule has 0 fully saturated rings. The molecular weight excluding hydrogens is 980 g/mol. The molecule has 3 aromatic heterocycles. The van der Waals surface area contributed by atoms with E-state index in [9.17, 15) is 5.11 Å². The first-order valence-electron chi connectivity index (χ1n) is 28.2. The van der Waals surface area contributed by atoms with Crippen molar-refractivity contribution in [3.05, 3.63) is 210 Å². The highest BCUT2D eigenvalue weighted by Gasteiger charge is 2.29. The lowest BCUT2D eigenvalue weighted by molar-refractivity contribution is 0.470. The van der Waals surface area contributed by atoms with Gasteiger partial charge < -0.3 is 9.67 Å². The monoisotopic (exact) mass is 1050 g/mol. The number of imidazole rings is 1. The van der Waals surface area contributed by atoms with Crippen LogP contribution in [0.5, 0.6) is 5.75 Å². The standard InChI is InChI=1S/C74H75FN4O/c1-70(2,3)50-35-48(32-49(36-50)63-38-45(30-31-76-63)58-25-21-26-60-59-24-19-20-27-64(59)78(68(58)60)56-22-17-16-18-23-56)62-37-47(46-33-51(71(4,5)6)40-52(34-46)72(7,8)9)39-65-67(62)77-69(61-29-28-55(75)44-66(61)80)79(65)57-42-53(73(10,11)12)41-54(43-57)74(13,14)15/h16-44,80H,1-15H3. The van der Waals surface area contributed by atoms with Gasteiger partial charge in [0.05, 0.1) is 33.3 Å². The summed E-state index contributed by atoms with van der Waals surface area (Å²) in [7, 11) is 0. The largest absolute Gasteiger partial charge is 0.507 e. The van der Waals surface area contributed by atoms with E-state index in [1.807, 2.05) is 6.20 Å². The third-order valence-electron chi connectivity index (χ3n) is 16.1. The molecular formula is C74H75FN4O. The lowest BCUT2D eigenvalue weighted by atomic mass is 9.78. The second kappa shape index (κ2) is 19.3. The first-order chi connectivity index (χ1) is 37.6. The van der Waals surface area contributed by atoms with E-state index >= 15 is 4.39 Å². The Labute approximate surface area is 472 Å². The van der Waals surface area contributed by atoms with Crippen LogP contribution >= 0.6 is 0 Å². The van der Waals surface area contributed by atoms with Gasteiger partial charge in [0.25, 0.3) is 0 Å². The molecule has 0 unspecified atom stereocenters. The molecule has 0 atom stereocenters. The third-order valence-corrected chi connectivity index (χ3v) is 16.1. The van der Waals surface area contributed by atoms with Gasteiger partial charge >= 0.3 is 0 Å². The fraction of sp³-hybridized carbons (Fsp3) is 0.270. The number of pyridine rings is 1. The van der Waals surface area contributed by atoms with E-state index in [-0.39, 0.29) is 32.8 Å². The Kier molecular flexibility index (Phi) is 13.0. The number of phenols is 1. The van der Waals surface area contributed by atoms with Gasteiger partial charge in [0, 0.05) is 51.1 Å². The third kappa shape index (κ3) is 10.0. The molecule has 0 aliphatic carbocycles. The number of fused-ring (bicyclic) bond motifs is 4. The summed E-state index contributed by atoms with van der Waals surface area (Å²) in [5.41, 5.74) is 19.6. The van der Waals surface area contributed by atoms with Crippen molar-refractivity contribution in [1.82, 2.24) is 19.1 Å². The van der Waals surface area contributed by atoms with Crippen molar-refractivity contribution in [1.29, 1.82) is 0 Å². The molecule has 6 heteroatoms. The second-order valence-corrected chi connectivity index (χ2v) is 27.3. The molecule has 0 spiro atoms. The number of aromatic nitrogens is 4. The van der Waals surface area contributed by atoms with E-state index in [2.05, 4.69) is 265 Å². The van der Waals surface area contributed by atoms with E-state index in [1.54, 1.807) is 6.07 Å². The summed E-state index contributed by atoms with van der Waals surface area (Å²) in [4.78, 5) is 10.8. The number of benzene rings is 8. The van der Waals surface area contributed by atoms with Crippen LogP contribution in [0.1, 0.15) is 132 Å². The van der Waals surface area contributed by atoms with Crippen LogP contribution in [-0.2, 0) is 27.1 Å². The predicted molar refractivity (Wildman–Crippen MR) is 336 cm³/mol. The maximum atomic E-state index is 15.1. The summed E-state index contributed by atoms with van der Waals surface area (Å²) in [5, 5.41) is 14.2. The number of hydrogen-bond acceptors (Lipinski definition) is 3. The molecule has 11 rings (SSSR count). The zero-order valence-corrected chi connectivity index (χ0v) is 49.4. The number of halogens is 1. The summed E-state index contributed by atoms with van der Waals surface area (Å²) in [6.07, 6.45) is 1.94. The minimum Gasteiger partial charge on any atom is -0.507 e. The van der Waals surface area contributed by atoms with E-state index in [0.717, 1.165) is 83.6 Å². The minimum atomic E-state index is -0.519. The molecule has 1 N–H and O–H groups in total. The van der Waals surface area contributed by atoms with Crippen LogP contribution in [0.2, 0.25) is 0 Å². The zero-order chi connectivity index (χ0) is 57.0. The first kappa shape index (κ1) is 53.9. The van der Waals surface area contributed by atoms with Crippen molar-refractivity contribution in [2.24, 2.45) is 0 Å². The van der Waals surface area contributed by atoms with Crippen molar-refractivity contribution in [2.45, 2.75) is 131 Å². The minimum absolute atomic E-state index is 0.129. The molecule has 5 nitrogen and oxygen atoms in total. The Morgan fingerprint density at radius 2 is 0.938 bits per heavy atom. The predicted octanol–water partition coefficient (Wildman–Crippen LogP) is 20.2. The van der Waals surface area contributed by atoms with Crippen molar-refractivity contribution < 1.29 is 9.50 Å². The Hall–Kier alpha value is -8.09. The molecule has 404 valence electrons. The van der Waals surface area contributed by atoms with Crippen LogP contribution in [0.3, 0.4) is 0 Å². The van der Waals surface area contributed by atoms with Crippen molar-refractivity contribution >= 4 is 32.8 Å². The number of phenolic OH excluding ortho intramolecular Hbond substituents is 1. The van der Waals surface area contributed by atoms with Gasteiger partial charge in [-0.3, -0.25) is 9.55 Å². The Morgan fingerprint density at radius 1 is 0.388 bits per heavy atom. The quantitative estimate of drug-likeness (QED) is 0.173. The van der Waals surface area contributed by atoms with Gasteiger partial charge in [-0.2, -0.15) is 0 Å². The van der Waals surface area contributed by atoms with Gasteiger partial charge in [0.2, 0.25) is 0 Å². The van der Waals surface area contributed by atoms with Crippen LogP contribution in [0, 0.1) is 5.82 Å². The van der Waals surface area contributed by atoms with Crippen LogP contribution in [0.25, 0.3) is 100 Å². The Morgan fingerprint density at radius 3 is 1.56 bits per heavy atom. The molecule has 3 heterocycles. The Balaban J connectivity index is 1.23. The maximum Gasteiger partial charge on any atom is 0.149 e. The smallest absolute Gasteiger partial charge is 0.149 e. The van der Waals surface area contributed by atoms with Gasteiger partial charge in [0.1, 0.15) is 17.4 Å². The number of nitrogens with zero attached hydrogens (tertiary/aromatic N) is 4. The molecule has 0 saturated heterocycles. The van der Waals surface area contributed by atoms with E-state index < -0.39 is 5.82 Å². The molecule has 0 saturated carbocycles. The number of aromatic hydroxyl groups is 1. The first-order valence-corrected chi connectivity index (χ1v) is 28.2. The highest BCUT2D eigenvalue weighted by molar-refractivity contribution is 6.14. The zero-order valence-electron chi connectivity index (χ0n) is 49.4. The van der Waals surface area contributed by atoms with Crippen molar-refractivity contribution in [2.75, 3.05) is 0 Å². The molecule has 0 aliphatic rings. The highest BCUT2D eigenvalue weighted by atomic mass is 19.1. The van der Waals surface area contributed by atoms with Crippen molar-refractivity contribution in [3.63, 3.8) is 0 Å². The lowest BCUT2D eigenvalue weighted by Gasteiger charge is -2.27. The number of para-hydroxylation sites is 3. The molecule has 80 heavy (non-hydrogen) atoms. The van der Waals surface area contributed by atoms with Gasteiger partial charge in [-0.25, -0.2) is 9.37 Å². The summed E-state index contributed by atoms with van der Waals surface area (Å²) >= 11 is 0. The fourth-order valence-electron chi connectivity index (χ4n) is 11.2. The van der Waals surface area contributed by atoms with Crippen LogP contribution < -0.4 is 0 Å². The van der Waals surface area contributed by atoms with Crippen LogP contribution in [-0.4, -0.2) is 24.2 Å². The molecule has 0 aliphatic heterocycles. The highest BCUT2D eigenvalue weighted by Crippen LogP contribution is 2.46. The summed E-state index contributed by atoms with van der Waals surface area (Å²) in [6, 6.07) is 60.0. The van der Waals surface area contributed by atoms with Crippen molar-refractivity contribution in [3.8, 4) is 73.2 Å². The fourth-order valence-corrected chi connectivity index (χ4v) is 11.2. The molecule has 11 aromatic rings. The lowest BCUT2D eigenvalue weighted by Crippen LogP contribution is -2.17. The van der Waals surface area contributed by atoms with E-state index in [0.29, 0.717) is 11.4 Å². The number of rotatable bonds is 7. The topological polar surface area (TPSA) is 55.9 Å². The van der Waals surface area contributed by atoms with Gasteiger partial charge in [-0.1, -0.05) is 189 Å². The average Bonchev–Trinajstić information content (AvgIpc) is 4.03. The Bertz CT molecular complexity index is 4150. The van der Waals surface area contributed by atoms with Gasteiger partial charge in [0.15, 0.2) is 0 Å². The summed E-state index contributed by atoms with van der Waals surface area (Å²) < 4.78 is 19.7. The normalized spacial score (nSPS) is 12.8. The summed E-state index contributed by atoms with van der Waals surface area (Å²) in [5.74, 6) is -0.180. The van der Waals surface area contributed by atoms with Gasteiger partial charge in [-0.15, -0.1) is 0 Å². The summed E-state index contributed by atoms with van der Waals surface area (Å²) in [6.45, 7) is 34.0. The van der Waals surface area contributed by atoms with Crippen LogP contribution in [0.15, 0.2) is 176 Å². The maximum absolute atomic E-state index is 15.1. The van der Waals surface area contributed by atoms with Gasteiger partial charge in [-0.05, 0) is 156 Å². The van der Waals surface area contributed by atoms with E-state index in [4.69, 9.17) is 9.97 Å². The molecule has 8 aromatic carbocycles. The second-order valence-electron chi connectivity index (χ2n) is 27.3. The average molecular weight is 1060 g/mol. The number of hydrogen-bond donors (Lipinski definition) is 1. The molecule has 0 radical (unpaired) electrons. The molecule has 0 bridgehead atoms. The molecule has 0 amide bonds.